The van der Waals surface area contributed by atoms with Gasteiger partial charge in [0.25, 0.3) is 11.6 Å². The van der Waals surface area contributed by atoms with Gasteiger partial charge in [0.05, 0.1) is 17.7 Å². The first-order chi connectivity index (χ1) is 12.0. The molecule has 0 aliphatic rings. The summed E-state index contributed by atoms with van der Waals surface area (Å²) in [5.74, 6) is -0.109. The van der Waals surface area contributed by atoms with Crippen molar-refractivity contribution in [3.05, 3.63) is 68.2 Å². The Bertz CT molecular complexity index is 903. The number of nitriles is 1. The van der Waals surface area contributed by atoms with Gasteiger partial charge in [-0.05, 0) is 34.1 Å². The van der Waals surface area contributed by atoms with Crippen LogP contribution in [-0.2, 0) is 4.79 Å². The number of methoxy groups -OCH3 is 1. The van der Waals surface area contributed by atoms with E-state index < -0.39 is 10.8 Å². The third-order valence-electron chi connectivity index (χ3n) is 3.22. The number of benzene rings is 2. The summed E-state index contributed by atoms with van der Waals surface area (Å²) >= 11 is 3.16. The Morgan fingerprint density at radius 1 is 1.36 bits per heavy atom. The molecule has 0 aromatic heterocycles. The molecule has 0 saturated heterocycles. The summed E-state index contributed by atoms with van der Waals surface area (Å²) in [6.45, 7) is 0. The van der Waals surface area contributed by atoms with E-state index in [-0.39, 0.29) is 11.3 Å². The van der Waals surface area contributed by atoms with Gasteiger partial charge in [-0.1, -0.05) is 18.2 Å². The van der Waals surface area contributed by atoms with Gasteiger partial charge in [0.15, 0.2) is 0 Å². The number of hydrogen-bond donors (Lipinski definition) is 1. The Balaban J connectivity index is 2.28. The van der Waals surface area contributed by atoms with Crippen LogP contribution in [-0.4, -0.2) is 17.9 Å². The predicted octanol–water partition coefficient (Wildman–Crippen LogP) is 3.91. The second-order valence-corrected chi connectivity index (χ2v) is 5.64. The summed E-state index contributed by atoms with van der Waals surface area (Å²) in [7, 11) is 1.49. The molecule has 0 unspecified atom stereocenters. The lowest BCUT2D eigenvalue weighted by molar-refractivity contribution is -0.384. The van der Waals surface area contributed by atoms with Gasteiger partial charge < -0.3 is 10.1 Å². The number of nitrogens with zero attached hydrogens (tertiary/aromatic N) is 2. The summed E-state index contributed by atoms with van der Waals surface area (Å²) in [6, 6.07) is 12.7. The SMILES string of the molecule is COc1ccccc1C=C(C#N)C(=O)Nc1ccc([N+](=O)[O-])cc1Br. The third-order valence-corrected chi connectivity index (χ3v) is 3.87. The molecule has 0 aliphatic carbocycles. The van der Waals surface area contributed by atoms with E-state index in [1.54, 1.807) is 24.3 Å². The van der Waals surface area contributed by atoms with Crippen LogP contribution in [0, 0.1) is 21.4 Å². The average Bonchev–Trinajstić information content (AvgIpc) is 2.61. The van der Waals surface area contributed by atoms with Crippen LogP contribution in [0.3, 0.4) is 0 Å². The minimum absolute atomic E-state index is 0.116. The van der Waals surface area contributed by atoms with Crippen LogP contribution in [0.1, 0.15) is 5.56 Å². The highest BCUT2D eigenvalue weighted by atomic mass is 79.9. The number of para-hydroxylation sites is 1. The van der Waals surface area contributed by atoms with Crippen LogP contribution in [0.4, 0.5) is 11.4 Å². The second-order valence-electron chi connectivity index (χ2n) is 4.79. The molecule has 0 spiro atoms. The Kier molecular flexibility index (Phi) is 5.87. The lowest BCUT2D eigenvalue weighted by Crippen LogP contribution is -2.14. The summed E-state index contributed by atoms with van der Waals surface area (Å²) in [6.07, 6.45) is 1.41. The van der Waals surface area contributed by atoms with Crippen molar-refractivity contribution in [3.8, 4) is 11.8 Å². The lowest BCUT2D eigenvalue weighted by atomic mass is 10.1. The minimum Gasteiger partial charge on any atom is -0.496 e. The Morgan fingerprint density at radius 3 is 2.68 bits per heavy atom. The molecule has 2 aromatic rings. The maximum Gasteiger partial charge on any atom is 0.270 e. The van der Waals surface area contributed by atoms with Crippen molar-refractivity contribution < 1.29 is 14.5 Å². The van der Waals surface area contributed by atoms with Gasteiger partial charge >= 0.3 is 0 Å². The number of rotatable bonds is 5. The van der Waals surface area contributed by atoms with E-state index in [9.17, 15) is 20.2 Å². The molecule has 2 aromatic carbocycles. The first-order valence-electron chi connectivity index (χ1n) is 6.96. The van der Waals surface area contributed by atoms with Crippen LogP contribution < -0.4 is 10.1 Å². The first-order valence-corrected chi connectivity index (χ1v) is 7.75. The highest BCUT2D eigenvalue weighted by Gasteiger charge is 2.14. The summed E-state index contributed by atoms with van der Waals surface area (Å²) in [5, 5.41) is 22.5. The van der Waals surface area contributed by atoms with Gasteiger partial charge in [-0.2, -0.15) is 5.26 Å². The number of carbonyl (C=O) groups excluding carboxylic acids is 1. The molecule has 2 rings (SSSR count). The maximum atomic E-state index is 12.3. The number of nitro benzene ring substituents is 1. The van der Waals surface area contributed by atoms with Crippen molar-refractivity contribution in [3.63, 3.8) is 0 Å². The van der Waals surface area contributed by atoms with Gasteiger partial charge in [-0.25, -0.2) is 0 Å². The van der Waals surface area contributed by atoms with E-state index in [1.807, 2.05) is 6.07 Å². The van der Waals surface area contributed by atoms with Crippen molar-refractivity contribution in [2.45, 2.75) is 0 Å². The maximum absolute atomic E-state index is 12.3. The Morgan fingerprint density at radius 2 is 2.08 bits per heavy atom. The second kappa shape index (κ2) is 8.08. The van der Waals surface area contributed by atoms with Crippen molar-refractivity contribution in [1.29, 1.82) is 5.26 Å². The zero-order chi connectivity index (χ0) is 18.4. The van der Waals surface area contributed by atoms with Gasteiger partial charge in [0.2, 0.25) is 0 Å². The number of carbonyl (C=O) groups is 1. The van der Waals surface area contributed by atoms with Crippen molar-refractivity contribution in [2.24, 2.45) is 0 Å². The number of halogens is 1. The molecular formula is C17H12BrN3O4. The van der Waals surface area contributed by atoms with E-state index in [0.717, 1.165) is 0 Å². The summed E-state index contributed by atoms with van der Waals surface area (Å²) in [5.41, 5.74) is 0.654. The van der Waals surface area contributed by atoms with Crippen LogP contribution >= 0.6 is 15.9 Å². The van der Waals surface area contributed by atoms with Crippen molar-refractivity contribution >= 4 is 39.3 Å². The normalized spacial score (nSPS) is 10.7. The van der Waals surface area contributed by atoms with E-state index >= 15 is 0 Å². The fourth-order valence-corrected chi connectivity index (χ4v) is 2.46. The van der Waals surface area contributed by atoms with E-state index in [0.29, 0.717) is 21.5 Å². The van der Waals surface area contributed by atoms with Gasteiger partial charge in [0, 0.05) is 22.2 Å². The Labute approximate surface area is 151 Å². The highest BCUT2D eigenvalue weighted by molar-refractivity contribution is 9.10. The molecule has 0 bridgehead atoms. The third kappa shape index (κ3) is 4.43. The van der Waals surface area contributed by atoms with E-state index in [4.69, 9.17) is 4.74 Å². The fraction of sp³-hybridized carbons (Fsp3) is 0.0588. The topological polar surface area (TPSA) is 105 Å². The molecule has 0 atom stereocenters. The first kappa shape index (κ1) is 18.2. The number of non-ortho nitro benzene ring substituents is 1. The molecule has 0 heterocycles. The number of nitrogens with one attached hydrogen (secondary N) is 1. The molecule has 0 saturated carbocycles. The zero-order valence-corrected chi connectivity index (χ0v) is 14.6. The van der Waals surface area contributed by atoms with Crippen LogP contribution in [0.5, 0.6) is 5.75 Å². The van der Waals surface area contributed by atoms with Crippen molar-refractivity contribution in [2.75, 3.05) is 12.4 Å². The summed E-state index contributed by atoms with van der Waals surface area (Å²) in [4.78, 5) is 22.5. The monoisotopic (exact) mass is 401 g/mol. The molecule has 0 aliphatic heterocycles. The highest BCUT2D eigenvalue weighted by Crippen LogP contribution is 2.28. The molecule has 0 radical (unpaired) electrons. The minimum atomic E-state index is -0.636. The number of ether oxygens (including phenoxy) is 1. The predicted molar refractivity (Wildman–Crippen MR) is 96.0 cm³/mol. The number of anilines is 1. The largest absolute Gasteiger partial charge is 0.496 e. The van der Waals surface area contributed by atoms with Crippen LogP contribution in [0.25, 0.3) is 6.08 Å². The fourth-order valence-electron chi connectivity index (χ4n) is 2.00. The van der Waals surface area contributed by atoms with Crippen LogP contribution in [0.2, 0.25) is 0 Å². The molecule has 7 nitrogen and oxygen atoms in total. The number of amides is 1. The van der Waals surface area contributed by atoms with Gasteiger partial charge in [-0.15, -0.1) is 0 Å². The average molecular weight is 402 g/mol. The van der Waals surface area contributed by atoms with Crippen molar-refractivity contribution in [1.82, 2.24) is 0 Å². The zero-order valence-electron chi connectivity index (χ0n) is 13.0. The molecule has 126 valence electrons. The molecule has 1 N–H and O–H groups in total. The molecule has 1 amide bonds. The lowest BCUT2D eigenvalue weighted by Gasteiger charge is -2.08. The standard InChI is InChI=1S/C17H12BrN3O4/c1-25-16-5-3-2-4-11(16)8-12(10-19)17(22)20-15-7-6-13(21(23)24)9-14(15)18/h2-9H,1H3,(H,20,22). The quantitative estimate of drug-likeness (QED) is 0.353. The molecular weight excluding hydrogens is 390 g/mol. The summed E-state index contributed by atoms with van der Waals surface area (Å²) < 4.78 is 5.52. The van der Waals surface area contributed by atoms with Gasteiger partial charge in [-0.3, -0.25) is 14.9 Å². The van der Waals surface area contributed by atoms with Gasteiger partial charge in [0.1, 0.15) is 17.4 Å². The molecule has 8 heteroatoms. The van der Waals surface area contributed by atoms with Crippen LogP contribution in [0.15, 0.2) is 52.5 Å². The van der Waals surface area contributed by atoms with E-state index in [1.165, 1.54) is 31.4 Å². The smallest absolute Gasteiger partial charge is 0.270 e. The molecule has 25 heavy (non-hydrogen) atoms. The Hall–Kier alpha value is -3.18. The number of nitro groups is 1. The van der Waals surface area contributed by atoms with E-state index in [2.05, 4.69) is 21.2 Å². The molecule has 0 fully saturated rings. The number of hydrogen-bond acceptors (Lipinski definition) is 5.